The smallest absolute Gasteiger partial charge is 0.254 e. The lowest BCUT2D eigenvalue weighted by molar-refractivity contribution is -0.126. The molecule has 6 nitrogen and oxygen atoms in total. The van der Waals surface area contributed by atoms with Gasteiger partial charge in [-0.1, -0.05) is 15.9 Å². The molecule has 0 radical (unpaired) electrons. The Hall–Kier alpha value is -1.89. The van der Waals surface area contributed by atoms with Crippen LogP contribution in [-0.4, -0.2) is 48.8 Å². The highest BCUT2D eigenvalue weighted by Gasteiger charge is 2.51. The SMILES string of the molecule is CCNC(=O)CNC(=O)CN1CC2(CC2)c2cc(Br)ccc2C1=O. The second-order valence-electron chi connectivity index (χ2n) is 6.36. The summed E-state index contributed by atoms with van der Waals surface area (Å²) < 4.78 is 0.966. The molecule has 3 rings (SSSR count). The Morgan fingerprint density at radius 2 is 2.00 bits per heavy atom. The van der Waals surface area contributed by atoms with E-state index >= 15 is 0 Å². The molecule has 2 aliphatic rings. The van der Waals surface area contributed by atoms with Crippen LogP contribution in [0.4, 0.5) is 0 Å². The second kappa shape index (κ2) is 6.55. The Kier molecular flexibility index (Phi) is 4.62. The number of carbonyl (C=O) groups is 3. The van der Waals surface area contributed by atoms with Crippen LogP contribution in [0.3, 0.4) is 0 Å². The average molecular weight is 394 g/mol. The molecule has 2 N–H and O–H groups in total. The van der Waals surface area contributed by atoms with Gasteiger partial charge in [0.05, 0.1) is 13.1 Å². The minimum Gasteiger partial charge on any atom is -0.355 e. The van der Waals surface area contributed by atoms with E-state index in [-0.39, 0.29) is 36.2 Å². The van der Waals surface area contributed by atoms with Crippen LogP contribution in [0.15, 0.2) is 22.7 Å². The van der Waals surface area contributed by atoms with Crippen LogP contribution in [0, 0.1) is 0 Å². The van der Waals surface area contributed by atoms with Gasteiger partial charge in [-0.15, -0.1) is 0 Å². The van der Waals surface area contributed by atoms with Gasteiger partial charge in [0.15, 0.2) is 0 Å². The molecule has 1 aromatic carbocycles. The van der Waals surface area contributed by atoms with Crippen LogP contribution < -0.4 is 10.6 Å². The number of rotatable bonds is 5. The summed E-state index contributed by atoms with van der Waals surface area (Å²) in [5.41, 5.74) is 1.76. The summed E-state index contributed by atoms with van der Waals surface area (Å²) in [6.45, 7) is 2.81. The first-order chi connectivity index (χ1) is 11.4. The molecule has 1 heterocycles. The van der Waals surface area contributed by atoms with Crippen molar-refractivity contribution in [2.45, 2.75) is 25.2 Å². The van der Waals surface area contributed by atoms with E-state index in [0.717, 1.165) is 22.9 Å². The zero-order valence-electron chi connectivity index (χ0n) is 13.5. The van der Waals surface area contributed by atoms with Gasteiger partial charge in [-0.25, -0.2) is 0 Å². The first-order valence-electron chi connectivity index (χ1n) is 8.08. The van der Waals surface area contributed by atoms with E-state index in [2.05, 4.69) is 26.6 Å². The third-order valence-electron chi connectivity index (χ3n) is 4.57. The lowest BCUT2D eigenvalue weighted by Crippen LogP contribution is -2.49. The molecule has 0 unspecified atom stereocenters. The van der Waals surface area contributed by atoms with Gasteiger partial charge >= 0.3 is 0 Å². The normalized spacial score (nSPS) is 17.4. The van der Waals surface area contributed by atoms with Gasteiger partial charge in [-0.2, -0.15) is 0 Å². The third-order valence-corrected chi connectivity index (χ3v) is 5.07. The van der Waals surface area contributed by atoms with E-state index in [4.69, 9.17) is 0 Å². The Morgan fingerprint density at radius 1 is 1.25 bits per heavy atom. The maximum Gasteiger partial charge on any atom is 0.254 e. The van der Waals surface area contributed by atoms with E-state index in [9.17, 15) is 14.4 Å². The van der Waals surface area contributed by atoms with Crippen LogP contribution >= 0.6 is 15.9 Å². The molecule has 128 valence electrons. The summed E-state index contributed by atoms with van der Waals surface area (Å²) in [6, 6.07) is 5.69. The number of nitrogens with zero attached hydrogens (tertiary/aromatic N) is 1. The number of fused-ring (bicyclic) bond motifs is 2. The molecule has 0 aromatic heterocycles. The molecular formula is C17H20BrN3O3. The average Bonchev–Trinajstić information content (AvgIpc) is 3.31. The lowest BCUT2D eigenvalue weighted by atomic mass is 9.86. The van der Waals surface area contributed by atoms with Crippen molar-refractivity contribution in [3.05, 3.63) is 33.8 Å². The van der Waals surface area contributed by atoms with Gasteiger partial charge in [0.2, 0.25) is 11.8 Å². The minimum absolute atomic E-state index is 0.00705. The van der Waals surface area contributed by atoms with Crippen molar-refractivity contribution in [1.29, 1.82) is 0 Å². The quantitative estimate of drug-likeness (QED) is 0.788. The molecule has 7 heteroatoms. The molecule has 0 bridgehead atoms. The summed E-state index contributed by atoms with van der Waals surface area (Å²) in [5.74, 6) is -0.668. The minimum atomic E-state index is -0.314. The molecule has 1 fully saturated rings. The van der Waals surface area contributed by atoms with Crippen molar-refractivity contribution in [2.75, 3.05) is 26.2 Å². The summed E-state index contributed by atoms with van der Waals surface area (Å²) in [7, 11) is 0. The number of carbonyl (C=O) groups excluding carboxylic acids is 3. The summed E-state index contributed by atoms with van der Waals surface area (Å²) >= 11 is 3.47. The molecule has 1 aliphatic heterocycles. The zero-order valence-corrected chi connectivity index (χ0v) is 15.1. The van der Waals surface area contributed by atoms with Crippen molar-refractivity contribution in [1.82, 2.24) is 15.5 Å². The molecule has 0 atom stereocenters. The fourth-order valence-corrected chi connectivity index (χ4v) is 3.57. The topological polar surface area (TPSA) is 78.5 Å². The van der Waals surface area contributed by atoms with Gasteiger partial charge < -0.3 is 15.5 Å². The van der Waals surface area contributed by atoms with Crippen molar-refractivity contribution < 1.29 is 14.4 Å². The summed E-state index contributed by atoms with van der Waals surface area (Å²) in [6.07, 6.45) is 2.06. The number of hydrogen-bond donors (Lipinski definition) is 2. The molecule has 1 aliphatic carbocycles. The van der Waals surface area contributed by atoms with Gasteiger partial charge in [0.25, 0.3) is 5.91 Å². The van der Waals surface area contributed by atoms with Crippen LogP contribution in [0.5, 0.6) is 0 Å². The summed E-state index contributed by atoms with van der Waals surface area (Å²) in [5, 5.41) is 5.18. The van der Waals surface area contributed by atoms with Gasteiger partial charge in [0.1, 0.15) is 0 Å². The van der Waals surface area contributed by atoms with Crippen molar-refractivity contribution in [3.63, 3.8) is 0 Å². The van der Waals surface area contributed by atoms with E-state index in [1.165, 1.54) is 0 Å². The van der Waals surface area contributed by atoms with E-state index in [1.807, 2.05) is 25.1 Å². The molecule has 24 heavy (non-hydrogen) atoms. The van der Waals surface area contributed by atoms with Crippen LogP contribution in [0.25, 0.3) is 0 Å². The van der Waals surface area contributed by atoms with Gasteiger partial charge in [0, 0.05) is 28.5 Å². The molecule has 0 saturated heterocycles. The number of halogens is 1. The fraction of sp³-hybridized carbons (Fsp3) is 0.471. The Morgan fingerprint density at radius 3 is 2.67 bits per heavy atom. The Balaban J connectivity index is 1.68. The third kappa shape index (κ3) is 3.31. The zero-order chi connectivity index (χ0) is 17.3. The monoisotopic (exact) mass is 393 g/mol. The van der Waals surface area contributed by atoms with Gasteiger partial charge in [-0.05, 0) is 43.5 Å². The summed E-state index contributed by atoms with van der Waals surface area (Å²) in [4.78, 5) is 37.7. The standard InChI is InChI=1S/C17H20BrN3O3/c1-2-19-14(22)8-20-15(23)9-21-10-17(5-6-17)13-7-11(18)3-4-12(13)16(21)24/h3-4,7H,2,5-6,8-10H2,1H3,(H,19,22)(H,20,23). The molecule has 1 saturated carbocycles. The highest BCUT2D eigenvalue weighted by Crippen LogP contribution is 2.52. The number of benzene rings is 1. The second-order valence-corrected chi connectivity index (χ2v) is 7.28. The molecule has 1 aromatic rings. The molecule has 1 spiro atoms. The first kappa shape index (κ1) is 17.0. The number of likely N-dealkylation sites (N-methyl/N-ethyl adjacent to an activating group) is 1. The van der Waals surface area contributed by atoms with Crippen molar-refractivity contribution in [2.24, 2.45) is 0 Å². The van der Waals surface area contributed by atoms with Crippen LogP contribution in [-0.2, 0) is 15.0 Å². The van der Waals surface area contributed by atoms with Crippen molar-refractivity contribution in [3.8, 4) is 0 Å². The molecule has 3 amide bonds. The van der Waals surface area contributed by atoms with Gasteiger partial charge in [-0.3, -0.25) is 14.4 Å². The number of amides is 3. The van der Waals surface area contributed by atoms with E-state index in [1.54, 1.807) is 4.90 Å². The highest BCUT2D eigenvalue weighted by molar-refractivity contribution is 9.10. The van der Waals surface area contributed by atoms with Crippen molar-refractivity contribution >= 4 is 33.7 Å². The van der Waals surface area contributed by atoms with Crippen LogP contribution in [0.2, 0.25) is 0 Å². The van der Waals surface area contributed by atoms with E-state index < -0.39 is 0 Å². The maximum atomic E-state index is 12.7. The predicted octanol–water partition coefficient (Wildman–Crippen LogP) is 1.19. The molecular weight excluding hydrogens is 374 g/mol. The first-order valence-corrected chi connectivity index (χ1v) is 8.87. The predicted molar refractivity (Wildman–Crippen MR) is 92.7 cm³/mol. The maximum absolute atomic E-state index is 12.7. The lowest BCUT2D eigenvalue weighted by Gasteiger charge is -2.34. The number of hydrogen-bond acceptors (Lipinski definition) is 3. The largest absolute Gasteiger partial charge is 0.355 e. The van der Waals surface area contributed by atoms with Crippen LogP contribution in [0.1, 0.15) is 35.7 Å². The highest BCUT2D eigenvalue weighted by atomic mass is 79.9. The Labute approximate surface area is 149 Å². The van der Waals surface area contributed by atoms with E-state index in [0.29, 0.717) is 18.7 Å². The fourth-order valence-electron chi connectivity index (χ4n) is 3.21. The number of nitrogens with one attached hydrogen (secondary N) is 2. The Bertz CT molecular complexity index is 700.